The van der Waals surface area contributed by atoms with Gasteiger partial charge < -0.3 is 5.32 Å². The highest BCUT2D eigenvalue weighted by Crippen LogP contribution is 2.38. The van der Waals surface area contributed by atoms with Crippen LogP contribution in [0.3, 0.4) is 0 Å². The normalized spacial score (nSPS) is 21.5. The van der Waals surface area contributed by atoms with Gasteiger partial charge in [-0.05, 0) is 43.0 Å². The Morgan fingerprint density at radius 3 is 2.74 bits per heavy atom. The van der Waals surface area contributed by atoms with Gasteiger partial charge in [-0.1, -0.05) is 28.1 Å². The van der Waals surface area contributed by atoms with E-state index in [4.69, 9.17) is 0 Å². The maximum absolute atomic E-state index is 4.67. The highest BCUT2D eigenvalue weighted by atomic mass is 79.9. The van der Waals surface area contributed by atoms with Gasteiger partial charge >= 0.3 is 0 Å². The number of benzene rings is 1. The zero-order chi connectivity index (χ0) is 15.6. The predicted octanol–water partition coefficient (Wildman–Crippen LogP) is 3.80. The van der Waals surface area contributed by atoms with Crippen LogP contribution in [0.5, 0.6) is 0 Å². The van der Waals surface area contributed by atoms with Crippen molar-refractivity contribution >= 4 is 21.7 Å². The number of nitrogens with one attached hydrogen (secondary N) is 1. The lowest BCUT2D eigenvalue weighted by atomic mass is 10.2. The average molecular weight is 373 g/mol. The van der Waals surface area contributed by atoms with Crippen LogP contribution in [0.2, 0.25) is 0 Å². The summed E-state index contributed by atoms with van der Waals surface area (Å²) in [5.41, 5.74) is 1.37. The molecule has 0 radical (unpaired) electrons. The van der Waals surface area contributed by atoms with Crippen molar-refractivity contribution in [2.24, 2.45) is 0 Å². The van der Waals surface area contributed by atoms with Crippen molar-refractivity contribution in [1.82, 2.24) is 14.9 Å². The van der Waals surface area contributed by atoms with E-state index >= 15 is 0 Å². The number of aromatic nitrogens is 2. The van der Waals surface area contributed by atoms with E-state index in [1.165, 1.54) is 24.8 Å². The van der Waals surface area contributed by atoms with Crippen LogP contribution in [0.4, 0.5) is 5.82 Å². The van der Waals surface area contributed by atoms with Gasteiger partial charge in [0.2, 0.25) is 0 Å². The molecule has 2 aromatic rings. The molecule has 1 atom stereocenters. The first-order valence-electron chi connectivity index (χ1n) is 8.32. The monoisotopic (exact) mass is 372 g/mol. The van der Waals surface area contributed by atoms with Gasteiger partial charge in [0.1, 0.15) is 11.6 Å². The summed E-state index contributed by atoms with van der Waals surface area (Å²) in [6.45, 7) is 3.22. The third kappa shape index (κ3) is 3.90. The number of rotatable bonds is 5. The van der Waals surface area contributed by atoms with Crippen molar-refractivity contribution in [3.63, 3.8) is 0 Å². The summed E-state index contributed by atoms with van der Waals surface area (Å²) in [5, 5.41) is 3.59. The van der Waals surface area contributed by atoms with Crippen molar-refractivity contribution in [2.45, 2.75) is 37.8 Å². The third-order valence-corrected chi connectivity index (χ3v) is 5.09. The average Bonchev–Trinajstić information content (AvgIpc) is 3.32. The van der Waals surface area contributed by atoms with Crippen molar-refractivity contribution in [3.8, 4) is 0 Å². The van der Waals surface area contributed by atoms with E-state index in [2.05, 4.69) is 60.4 Å². The highest BCUT2D eigenvalue weighted by Gasteiger charge is 2.27. The molecule has 0 spiro atoms. The Labute approximate surface area is 145 Å². The van der Waals surface area contributed by atoms with Crippen LogP contribution in [0.25, 0.3) is 0 Å². The molecule has 2 aliphatic rings. The summed E-state index contributed by atoms with van der Waals surface area (Å²) < 4.78 is 1.14. The Kier molecular flexibility index (Phi) is 4.31. The fraction of sp³-hybridized carbons (Fsp3) is 0.444. The SMILES string of the molecule is Brc1ccc(CN2CCC(Nc3ccnc(C4CC4)n3)C2)cc1. The van der Waals surface area contributed by atoms with Crippen molar-refractivity contribution < 1.29 is 0 Å². The molecular formula is C18H21BrN4. The van der Waals surface area contributed by atoms with E-state index < -0.39 is 0 Å². The molecule has 1 unspecified atom stereocenters. The molecule has 4 nitrogen and oxygen atoms in total. The molecule has 1 aliphatic carbocycles. The fourth-order valence-corrected chi connectivity index (χ4v) is 3.41. The van der Waals surface area contributed by atoms with Gasteiger partial charge in [0.15, 0.2) is 0 Å². The van der Waals surface area contributed by atoms with E-state index in [9.17, 15) is 0 Å². The zero-order valence-electron chi connectivity index (χ0n) is 13.1. The molecule has 5 heteroatoms. The number of anilines is 1. The third-order valence-electron chi connectivity index (χ3n) is 4.56. The van der Waals surface area contributed by atoms with Crippen LogP contribution in [-0.4, -0.2) is 34.0 Å². The first-order chi connectivity index (χ1) is 11.3. The van der Waals surface area contributed by atoms with Crippen LogP contribution in [0.15, 0.2) is 41.0 Å². The van der Waals surface area contributed by atoms with Crippen LogP contribution in [-0.2, 0) is 6.54 Å². The van der Waals surface area contributed by atoms with Crippen LogP contribution < -0.4 is 5.32 Å². The number of likely N-dealkylation sites (tertiary alicyclic amines) is 1. The van der Waals surface area contributed by atoms with E-state index in [1.807, 2.05) is 12.3 Å². The largest absolute Gasteiger partial charge is 0.366 e. The number of hydrogen-bond acceptors (Lipinski definition) is 4. The maximum atomic E-state index is 4.67. The molecule has 120 valence electrons. The Bertz CT molecular complexity index is 669. The molecule has 0 amide bonds. The molecule has 1 aromatic carbocycles. The minimum Gasteiger partial charge on any atom is -0.366 e. The standard InChI is InChI=1S/C18H21BrN4/c19-15-5-1-13(2-6-15)11-23-10-8-16(12-23)21-17-7-9-20-18(22-17)14-3-4-14/h1-2,5-7,9,14,16H,3-4,8,10-12H2,(H,20,21,22). The smallest absolute Gasteiger partial charge is 0.133 e. The van der Waals surface area contributed by atoms with Crippen LogP contribution in [0.1, 0.15) is 36.6 Å². The van der Waals surface area contributed by atoms with E-state index in [0.29, 0.717) is 12.0 Å². The summed E-state index contributed by atoms with van der Waals surface area (Å²) in [5.74, 6) is 2.60. The topological polar surface area (TPSA) is 41.0 Å². The van der Waals surface area contributed by atoms with Crippen molar-refractivity contribution in [2.75, 3.05) is 18.4 Å². The molecule has 1 aromatic heterocycles. The zero-order valence-corrected chi connectivity index (χ0v) is 14.7. The Balaban J connectivity index is 1.33. The van der Waals surface area contributed by atoms with Gasteiger partial charge in [-0.25, -0.2) is 9.97 Å². The molecule has 1 N–H and O–H groups in total. The minimum atomic E-state index is 0.479. The van der Waals surface area contributed by atoms with Gasteiger partial charge in [0.25, 0.3) is 0 Å². The first kappa shape index (κ1) is 15.1. The second kappa shape index (κ2) is 6.57. The van der Waals surface area contributed by atoms with Gasteiger partial charge in [0.05, 0.1) is 0 Å². The van der Waals surface area contributed by atoms with E-state index in [-0.39, 0.29) is 0 Å². The quantitative estimate of drug-likeness (QED) is 0.866. The Hall–Kier alpha value is -1.46. The van der Waals surface area contributed by atoms with Gasteiger partial charge in [-0.3, -0.25) is 4.90 Å². The second-order valence-electron chi connectivity index (χ2n) is 6.57. The maximum Gasteiger partial charge on any atom is 0.133 e. The van der Waals surface area contributed by atoms with Crippen LogP contribution in [0, 0.1) is 0 Å². The summed E-state index contributed by atoms with van der Waals surface area (Å²) in [7, 11) is 0. The molecule has 1 aliphatic heterocycles. The lowest BCUT2D eigenvalue weighted by Gasteiger charge is -2.17. The predicted molar refractivity (Wildman–Crippen MR) is 95.5 cm³/mol. The summed E-state index contributed by atoms with van der Waals surface area (Å²) in [4.78, 5) is 11.6. The molecule has 1 saturated carbocycles. The second-order valence-corrected chi connectivity index (χ2v) is 7.48. The minimum absolute atomic E-state index is 0.479. The molecule has 23 heavy (non-hydrogen) atoms. The van der Waals surface area contributed by atoms with Crippen molar-refractivity contribution in [1.29, 1.82) is 0 Å². The molecule has 0 bridgehead atoms. The summed E-state index contributed by atoms with van der Waals surface area (Å²) in [6, 6.07) is 11.1. The van der Waals surface area contributed by atoms with E-state index in [0.717, 1.165) is 35.7 Å². The fourth-order valence-electron chi connectivity index (χ4n) is 3.14. The highest BCUT2D eigenvalue weighted by molar-refractivity contribution is 9.10. The summed E-state index contributed by atoms with van der Waals surface area (Å²) >= 11 is 3.49. The number of nitrogens with zero attached hydrogens (tertiary/aromatic N) is 3. The lowest BCUT2D eigenvalue weighted by Crippen LogP contribution is -2.26. The first-order valence-corrected chi connectivity index (χ1v) is 9.12. The van der Waals surface area contributed by atoms with Crippen LogP contribution >= 0.6 is 15.9 Å². The number of hydrogen-bond donors (Lipinski definition) is 1. The van der Waals surface area contributed by atoms with Crippen molar-refractivity contribution in [3.05, 3.63) is 52.4 Å². The molecule has 2 fully saturated rings. The Morgan fingerprint density at radius 2 is 1.96 bits per heavy atom. The number of halogens is 1. The molecule has 1 saturated heterocycles. The van der Waals surface area contributed by atoms with E-state index in [1.54, 1.807) is 0 Å². The van der Waals surface area contributed by atoms with Gasteiger partial charge in [-0.15, -0.1) is 0 Å². The molecular weight excluding hydrogens is 352 g/mol. The Morgan fingerprint density at radius 1 is 1.13 bits per heavy atom. The van der Waals surface area contributed by atoms with Gasteiger partial charge in [-0.2, -0.15) is 0 Å². The van der Waals surface area contributed by atoms with Gasteiger partial charge in [0, 0.05) is 42.3 Å². The lowest BCUT2D eigenvalue weighted by molar-refractivity contribution is 0.328. The molecule has 2 heterocycles. The molecule has 4 rings (SSSR count). The summed E-state index contributed by atoms with van der Waals surface area (Å²) in [6.07, 6.45) is 5.54.